The Bertz CT molecular complexity index is 457. The van der Waals surface area contributed by atoms with Gasteiger partial charge in [0.25, 0.3) is 0 Å². The van der Waals surface area contributed by atoms with Crippen LogP contribution in [0, 0.1) is 5.41 Å². The minimum absolute atomic E-state index is 0.114. The van der Waals surface area contributed by atoms with E-state index in [9.17, 15) is 19.2 Å². The van der Waals surface area contributed by atoms with E-state index < -0.39 is 42.4 Å². The maximum absolute atomic E-state index is 11.7. The molecule has 23 heavy (non-hydrogen) atoms. The first-order valence-electron chi connectivity index (χ1n) is 7.17. The first-order chi connectivity index (χ1) is 10.4. The van der Waals surface area contributed by atoms with Crippen LogP contribution < -0.4 is 10.6 Å². The number of hydrogen-bond acceptors (Lipinski definition) is 4. The first kappa shape index (κ1) is 20.7. The van der Waals surface area contributed by atoms with Crippen LogP contribution in [0.2, 0.25) is 0 Å². The van der Waals surface area contributed by atoms with Gasteiger partial charge >= 0.3 is 23.9 Å². The SMILES string of the molecule is CC(C)(C)CC[C@H](NC(=O)N[C@@H](CCC(=O)O)C(=O)O)C(=O)O. The van der Waals surface area contributed by atoms with E-state index in [1.54, 1.807) is 0 Å². The summed E-state index contributed by atoms with van der Waals surface area (Å²) in [5.41, 5.74) is -0.114. The van der Waals surface area contributed by atoms with Gasteiger partial charge in [0.2, 0.25) is 0 Å². The molecule has 0 unspecified atom stereocenters. The van der Waals surface area contributed by atoms with Gasteiger partial charge in [0.05, 0.1) is 0 Å². The lowest BCUT2D eigenvalue weighted by atomic mass is 9.89. The van der Waals surface area contributed by atoms with Gasteiger partial charge in [-0.15, -0.1) is 0 Å². The Kier molecular flexibility index (Phi) is 8.06. The predicted molar refractivity (Wildman–Crippen MR) is 80.1 cm³/mol. The van der Waals surface area contributed by atoms with Gasteiger partial charge in [-0.1, -0.05) is 20.8 Å². The summed E-state index contributed by atoms with van der Waals surface area (Å²) in [5, 5.41) is 30.9. The van der Waals surface area contributed by atoms with Crippen molar-refractivity contribution in [3.05, 3.63) is 0 Å². The van der Waals surface area contributed by atoms with Crippen LogP contribution in [0.15, 0.2) is 0 Å². The number of aliphatic carboxylic acids is 3. The van der Waals surface area contributed by atoms with Crippen molar-refractivity contribution in [3.8, 4) is 0 Å². The molecule has 9 nitrogen and oxygen atoms in total. The van der Waals surface area contributed by atoms with Gasteiger partial charge in [-0.2, -0.15) is 0 Å². The van der Waals surface area contributed by atoms with Crippen LogP contribution in [0.4, 0.5) is 4.79 Å². The predicted octanol–water partition coefficient (Wildman–Crippen LogP) is 0.883. The molecular formula is C14H24N2O7. The molecule has 0 spiro atoms. The molecule has 0 aliphatic heterocycles. The molecule has 0 rings (SSSR count). The summed E-state index contributed by atoms with van der Waals surface area (Å²) < 4.78 is 0. The molecule has 2 atom stereocenters. The molecule has 0 heterocycles. The summed E-state index contributed by atoms with van der Waals surface area (Å²) >= 11 is 0. The van der Waals surface area contributed by atoms with Gasteiger partial charge in [-0.3, -0.25) is 4.79 Å². The standard InChI is InChI=1S/C14H24N2O7/c1-14(2,3)7-6-9(12(21)22)16-13(23)15-8(11(19)20)4-5-10(17)18/h8-9H,4-7H2,1-3H3,(H,17,18)(H,19,20)(H,21,22)(H2,15,16,23)/t8-,9-/m0/s1. The molecule has 5 N–H and O–H groups in total. The summed E-state index contributed by atoms with van der Waals surface area (Å²) in [7, 11) is 0. The van der Waals surface area contributed by atoms with Crippen molar-refractivity contribution in [2.24, 2.45) is 5.41 Å². The van der Waals surface area contributed by atoms with Crippen molar-refractivity contribution in [2.75, 3.05) is 0 Å². The van der Waals surface area contributed by atoms with Crippen molar-refractivity contribution >= 4 is 23.9 Å². The number of amides is 2. The van der Waals surface area contributed by atoms with Crippen LogP contribution >= 0.6 is 0 Å². The molecule has 0 aliphatic carbocycles. The van der Waals surface area contributed by atoms with Crippen LogP contribution in [0.5, 0.6) is 0 Å². The zero-order valence-electron chi connectivity index (χ0n) is 13.5. The fraction of sp³-hybridized carbons (Fsp3) is 0.714. The van der Waals surface area contributed by atoms with Gasteiger partial charge in [-0.05, 0) is 24.7 Å². The molecule has 0 bridgehead atoms. The largest absolute Gasteiger partial charge is 0.481 e. The molecule has 0 saturated carbocycles. The summed E-state index contributed by atoms with van der Waals surface area (Å²) in [6.07, 6.45) is 0.0200. The normalized spacial score (nSPS) is 13.7. The van der Waals surface area contributed by atoms with Crippen LogP contribution in [-0.4, -0.2) is 51.3 Å². The van der Waals surface area contributed by atoms with E-state index in [0.29, 0.717) is 6.42 Å². The Morgan fingerprint density at radius 1 is 0.870 bits per heavy atom. The molecule has 132 valence electrons. The molecule has 9 heteroatoms. The number of rotatable bonds is 9. The van der Waals surface area contributed by atoms with Crippen LogP contribution in [-0.2, 0) is 14.4 Å². The fourth-order valence-corrected chi connectivity index (χ4v) is 1.72. The average Bonchev–Trinajstić information content (AvgIpc) is 2.37. The smallest absolute Gasteiger partial charge is 0.326 e. The summed E-state index contributed by atoms with van der Waals surface area (Å²) in [6.45, 7) is 5.79. The number of hydrogen-bond donors (Lipinski definition) is 5. The minimum Gasteiger partial charge on any atom is -0.481 e. The van der Waals surface area contributed by atoms with E-state index in [4.69, 9.17) is 15.3 Å². The lowest BCUT2D eigenvalue weighted by Gasteiger charge is -2.22. The van der Waals surface area contributed by atoms with Crippen molar-refractivity contribution < 1.29 is 34.5 Å². The van der Waals surface area contributed by atoms with Crippen LogP contribution in [0.25, 0.3) is 0 Å². The van der Waals surface area contributed by atoms with Crippen molar-refractivity contribution in [2.45, 2.75) is 58.5 Å². The van der Waals surface area contributed by atoms with Gasteiger partial charge in [-0.25, -0.2) is 14.4 Å². The van der Waals surface area contributed by atoms with E-state index in [0.717, 1.165) is 0 Å². The highest BCUT2D eigenvalue weighted by atomic mass is 16.4. The third kappa shape index (κ3) is 10.1. The zero-order chi connectivity index (χ0) is 18.2. The molecular weight excluding hydrogens is 308 g/mol. The van der Waals surface area contributed by atoms with E-state index in [1.165, 1.54) is 0 Å². The summed E-state index contributed by atoms with van der Waals surface area (Å²) in [4.78, 5) is 44.3. The van der Waals surface area contributed by atoms with Gasteiger partial charge < -0.3 is 26.0 Å². The molecule has 0 saturated heterocycles. The molecule has 0 radical (unpaired) electrons. The van der Waals surface area contributed by atoms with E-state index in [-0.39, 0.29) is 18.3 Å². The monoisotopic (exact) mass is 332 g/mol. The maximum Gasteiger partial charge on any atom is 0.326 e. The molecule has 0 aromatic rings. The van der Waals surface area contributed by atoms with Crippen LogP contribution in [0.1, 0.15) is 46.5 Å². The highest BCUT2D eigenvalue weighted by Gasteiger charge is 2.26. The Hall–Kier alpha value is -2.32. The van der Waals surface area contributed by atoms with Gasteiger partial charge in [0, 0.05) is 6.42 Å². The Balaban J connectivity index is 4.62. The molecule has 2 amide bonds. The van der Waals surface area contributed by atoms with Gasteiger partial charge in [0.15, 0.2) is 0 Å². The molecule has 0 fully saturated rings. The maximum atomic E-state index is 11.7. The third-order valence-electron chi connectivity index (χ3n) is 3.04. The Labute approximate surface area is 134 Å². The lowest BCUT2D eigenvalue weighted by molar-refractivity contribution is -0.141. The van der Waals surface area contributed by atoms with E-state index >= 15 is 0 Å². The van der Waals surface area contributed by atoms with Crippen molar-refractivity contribution in [3.63, 3.8) is 0 Å². The lowest BCUT2D eigenvalue weighted by Crippen LogP contribution is -2.51. The molecule has 0 aliphatic rings. The number of nitrogens with one attached hydrogen (secondary N) is 2. The number of carboxylic acids is 3. The molecule has 0 aromatic carbocycles. The van der Waals surface area contributed by atoms with Gasteiger partial charge in [0.1, 0.15) is 12.1 Å². The Morgan fingerprint density at radius 3 is 1.65 bits per heavy atom. The number of carboxylic acid groups (broad SMARTS) is 3. The second-order valence-electron chi connectivity index (χ2n) is 6.43. The number of urea groups is 1. The highest BCUT2D eigenvalue weighted by molar-refractivity contribution is 5.86. The molecule has 0 aromatic heterocycles. The first-order valence-corrected chi connectivity index (χ1v) is 7.17. The topological polar surface area (TPSA) is 153 Å². The summed E-state index contributed by atoms with van der Waals surface area (Å²) in [6, 6.07) is -3.50. The fourth-order valence-electron chi connectivity index (χ4n) is 1.72. The number of carbonyl (C=O) groups excluding carboxylic acids is 1. The second kappa shape index (κ2) is 8.96. The van der Waals surface area contributed by atoms with Crippen molar-refractivity contribution in [1.82, 2.24) is 10.6 Å². The third-order valence-corrected chi connectivity index (χ3v) is 3.04. The summed E-state index contributed by atoms with van der Waals surface area (Å²) in [5.74, 6) is -3.79. The average molecular weight is 332 g/mol. The Morgan fingerprint density at radius 2 is 1.30 bits per heavy atom. The quantitative estimate of drug-likeness (QED) is 0.420. The number of carbonyl (C=O) groups is 4. The highest BCUT2D eigenvalue weighted by Crippen LogP contribution is 2.21. The minimum atomic E-state index is -1.40. The van der Waals surface area contributed by atoms with E-state index in [2.05, 4.69) is 10.6 Å². The van der Waals surface area contributed by atoms with E-state index in [1.807, 2.05) is 20.8 Å². The van der Waals surface area contributed by atoms with Crippen LogP contribution in [0.3, 0.4) is 0 Å². The van der Waals surface area contributed by atoms with Crippen molar-refractivity contribution in [1.29, 1.82) is 0 Å². The zero-order valence-corrected chi connectivity index (χ0v) is 13.5. The second-order valence-corrected chi connectivity index (χ2v) is 6.43.